The zero-order valence-corrected chi connectivity index (χ0v) is 8.98. The molecular weight excluding hydrogens is 190 g/mol. The Balaban J connectivity index is 1.93. The minimum Gasteiger partial charge on any atom is -0.370 e. The first-order chi connectivity index (χ1) is 7.24. The number of aliphatic imine (C=N–C) groups is 1. The van der Waals surface area contributed by atoms with Gasteiger partial charge in [-0.25, -0.2) is 4.99 Å². The van der Waals surface area contributed by atoms with Crippen molar-refractivity contribution < 1.29 is 0 Å². The molecule has 5 heteroatoms. The lowest BCUT2D eigenvalue weighted by Gasteiger charge is -2.05. The van der Waals surface area contributed by atoms with Crippen molar-refractivity contribution in [3.8, 4) is 0 Å². The van der Waals surface area contributed by atoms with Crippen LogP contribution in [0.15, 0.2) is 17.3 Å². The summed E-state index contributed by atoms with van der Waals surface area (Å²) < 4.78 is 1.73. The molecule has 1 aromatic heterocycles. The molecule has 1 aliphatic rings. The Labute approximate surface area is 89.4 Å². The third-order valence-electron chi connectivity index (χ3n) is 2.62. The second kappa shape index (κ2) is 4.33. The van der Waals surface area contributed by atoms with Gasteiger partial charge in [0.05, 0.1) is 6.04 Å². The van der Waals surface area contributed by atoms with E-state index < -0.39 is 0 Å². The van der Waals surface area contributed by atoms with Crippen LogP contribution in [0.3, 0.4) is 0 Å². The highest BCUT2D eigenvalue weighted by molar-refractivity contribution is 5.91. The lowest BCUT2D eigenvalue weighted by atomic mass is 10.3. The summed E-state index contributed by atoms with van der Waals surface area (Å²) in [6.45, 7) is 0. The predicted molar refractivity (Wildman–Crippen MR) is 60.7 cm³/mol. The van der Waals surface area contributed by atoms with E-state index in [1.165, 1.54) is 12.8 Å². The van der Waals surface area contributed by atoms with Crippen LogP contribution in [-0.4, -0.2) is 21.8 Å². The van der Waals surface area contributed by atoms with Gasteiger partial charge in [-0.15, -0.1) is 0 Å². The Morgan fingerprint density at radius 3 is 2.93 bits per heavy atom. The van der Waals surface area contributed by atoms with Gasteiger partial charge in [-0.2, -0.15) is 5.10 Å². The summed E-state index contributed by atoms with van der Waals surface area (Å²) in [5.74, 6) is 1.22. The van der Waals surface area contributed by atoms with Gasteiger partial charge in [0.25, 0.3) is 0 Å². The van der Waals surface area contributed by atoms with Crippen molar-refractivity contribution in [2.24, 2.45) is 17.8 Å². The van der Waals surface area contributed by atoms with Gasteiger partial charge in [0, 0.05) is 19.3 Å². The third-order valence-corrected chi connectivity index (χ3v) is 2.62. The van der Waals surface area contributed by atoms with E-state index in [0.717, 1.165) is 18.7 Å². The van der Waals surface area contributed by atoms with E-state index >= 15 is 0 Å². The lowest BCUT2D eigenvalue weighted by Crippen LogP contribution is -2.24. The second-order valence-corrected chi connectivity index (χ2v) is 3.95. The molecule has 0 unspecified atom stereocenters. The Bertz CT molecular complexity index is 348. The molecule has 0 amide bonds. The van der Waals surface area contributed by atoms with Crippen LogP contribution in [0.4, 0.5) is 5.82 Å². The van der Waals surface area contributed by atoms with E-state index in [1.54, 1.807) is 4.68 Å². The van der Waals surface area contributed by atoms with Crippen LogP contribution in [0.25, 0.3) is 0 Å². The molecule has 0 aliphatic heterocycles. The van der Waals surface area contributed by atoms with Gasteiger partial charge in [0.15, 0.2) is 11.8 Å². The average molecular weight is 207 g/mol. The van der Waals surface area contributed by atoms with Crippen molar-refractivity contribution >= 4 is 11.8 Å². The Kier molecular flexibility index (Phi) is 2.89. The topological polar surface area (TPSA) is 68.2 Å². The maximum absolute atomic E-state index is 5.78. The lowest BCUT2D eigenvalue weighted by molar-refractivity contribution is 0.705. The molecule has 0 saturated heterocycles. The minimum atomic E-state index is 0.404. The van der Waals surface area contributed by atoms with Gasteiger partial charge in [-0.3, -0.25) is 4.68 Å². The fraction of sp³-hybridized carbons (Fsp3) is 0.600. The first-order valence-corrected chi connectivity index (χ1v) is 5.34. The normalized spacial score (nSPS) is 18.3. The van der Waals surface area contributed by atoms with Crippen molar-refractivity contribution in [2.45, 2.75) is 31.7 Å². The quantitative estimate of drug-likeness (QED) is 0.563. The Morgan fingerprint density at radius 2 is 2.33 bits per heavy atom. The number of rotatable bonds is 2. The van der Waals surface area contributed by atoms with E-state index in [0.29, 0.717) is 12.0 Å². The molecule has 0 aromatic carbocycles. The summed E-state index contributed by atoms with van der Waals surface area (Å²) in [5, 5.41) is 7.16. The van der Waals surface area contributed by atoms with Crippen LogP contribution in [0.2, 0.25) is 0 Å². The zero-order chi connectivity index (χ0) is 10.7. The standard InChI is InChI=1S/C10H17N5/c1-15-7-6-9(14-15)13-10(11)12-8-4-2-3-5-8/h6-8H,2-5H2,1H3,(H3,11,12,13,14). The molecule has 1 aliphatic carbocycles. The minimum absolute atomic E-state index is 0.404. The predicted octanol–water partition coefficient (Wildman–Crippen LogP) is 1.09. The first kappa shape index (κ1) is 10.0. The molecule has 5 nitrogen and oxygen atoms in total. The van der Waals surface area contributed by atoms with Crippen molar-refractivity contribution in [2.75, 3.05) is 5.32 Å². The molecule has 2 rings (SSSR count). The highest BCUT2D eigenvalue weighted by Crippen LogP contribution is 2.20. The fourth-order valence-electron chi connectivity index (χ4n) is 1.88. The number of hydrogen-bond acceptors (Lipinski definition) is 2. The number of nitrogens with one attached hydrogen (secondary N) is 1. The number of nitrogens with zero attached hydrogens (tertiary/aromatic N) is 3. The summed E-state index contributed by atoms with van der Waals surface area (Å²) in [6.07, 6.45) is 6.72. The molecule has 15 heavy (non-hydrogen) atoms. The van der Waals surface area contributed by atoms with Crippen molar-refractivity contribution in [3.05, 3.63) is 12.3 Å². The molecule has 0 spiro atoms. The summed E-state index contributed by atoms with van der Waals surface area (Å²) in [7, 11) is 1.87. The summed E-state index contributed by atoms with van der Waals surface area (Å²) in [4.78, 5) is 4.41. The second-order valence-electron chi connectivity index (χ2n) is 3.95. The summed E-state index contributed by atoms with van der Waals surface area (Å²) in [5.41, 5.74) is 5.78. The molecule has 0 radical (unpaired) electrons. The highest BCUT2D eigenvalue weighted by Gasteiger charge is 2.13. The van der Waals surface area contributed by atoms with Gasteiger partial charge < -0.3 is 11.1 Å². The molecular formula is C10H17N5. The fourth-order valence-corrected chi connectivity index (χ4v) is 1.88. The molecule has 0 atom stereocenters. The molecule has 1 saturated carbocycles. The smallest absolute Gasteiger partial charge is 0.194 e. The molecule has 1 aromatic rings. The molecule has 1 fully saturated rings. The largest absolute Gasteiger partial charge is 0.370 e. The van der Waals surface area contributed by atoms with Gasteiger partial charge >= 0.3 is 0 Å². The number of anilines is 1. The van der Waals surface area contributed by atoms with E-state index in [2.05, 4.69) is 15.4 Å². The number of aromatic nitrogens is 2. The van der Waals surface area contributed by atoms with Crippen LogP contribution in [0, 0.1) is 0 Å². The number of guanidine groups is 1. The van der Waals surface area contributed by atoms with Crippen molar-refractivity contribution in [1.29, 1.82) is 0 Å². The average Bonchev–Trinajstić information content (AvgIpc) is 2.77. The molecule has 82 valence electrons. The van der Waals surface area contributed by atoms with Gasteiger partial charge in [-0.05, 0) is 12.8 Å². The van der Waals surface area contributed by atoms with Gasteiger partial charge in [0.1, 0.15) is 0 Å². The van der Waals surface area contributed by atoms with Crippen LogP contribution < -0.4 is 11.1 Å². The monoisotopic (exact) mass is 207 g/mol. The number of nitrogens with two attached hydrogens (primary N) is 1. The van der Waals surface area contributed by atoms with Crippen LogP contribution >= 0.6 is 0 Å². The maximum atomic E-state index is 5.78. The maximum Gasteiger partial charge on any atom is 0.194 e. The first-order valence-electron chi connectivity index (χ1n) is 5.34. The van der Waals surface area contributed by atoms with Gasteiger partial charge in [0.2, 0.25) is 0 Å². The number of aryl methyl sites for hydroxylation is 1. The van der Waals surface area contributed by atoms with E-state index in [1.807, 2.05) is 19.3 Å². The Hall–Kier alpha value is -1.52. The SMILES string of the molecule is Cn1ccc(NC(N)=NC2CCCC2)n1. The third kappa shape index (κ3) is 2.71. The molecule has 1 heterocycles. The van der Waals surface area contributed by atoms with E-state index in [4.69, 9.17) is 5.73 Å². The van der Waals surface area contributed by atoms with Crippen LogP contribution in [0.1, 0.15) is 25.7 Å². The van der Waals surface area contributed by atoms with Crippen molar-refractivity contribution in [3.63, 3.8) is 0 Å². The number of hydrogen-bond donors (Lipinski definition) is 2. The van der Waals surface area contributed by atoms with E-state index in [-0.39, 0.29) is 0 Å². The summed E-state index contributed by atoms with van der Waals surface area (Å²) in [6, 6.07) is 2.28. The van der Waals surface area contributed by atoms with Crippen LogP contribution in [0.5, 0.6) is 0 Å². The van der Waals surface area contributed by atoms with Gasteiger partial charge in [-0.1, -0.05) is 12.8 Å². The Morgan fingerprint density at radius 1 is 1.60 bits per heavy atom. The summed E-state index contributed by atoms with van der Waals surface area (Å²) >= 11 is 0. The zero-order valence-electron chi connectivity index (χ0n) is 8.98. The molecule has 0 bridgehead atoms. The van der Waals surface area contributed by atoms with E-state index in [9.17, 15) is 0 Å². The van der Waals surface area contributed by atoms with Crippen LogP contribution in [-0.2, 0) is 7.05 Å². The highest BCUT2D eigenvalue weighted by atomic mass is 15.3. The molecule has 3 N–H and O–H groups in total. The van der Waals surface area contributed by atoms with Crippen molar-refractivity contribution in [1.82, 2.24) is 9.78 Å².